The summed E-state index contributed by atoms with van der Waals surface area (Å²) in [7, 11) is 3.49. The van der Waals surface area contributed by atoms with Crippen LogP contribution in [0, 0.1) is 0 Å². The van der Waals surface area contributed by atoms with Crippen LogP contribution < -0.4 is 16.0 Å². The molecule has 1 aromatic carbocycles. The highest BCUT2D eigenvalue weighted by molar-refractivity contribution is 5.94. The van der Waals surface area contributed by atoms with Crippen molar-refractivity contribution in [3.8, 4) is 0 Å². The molecule has 2 aliphatic heterocycles. The first-order chi connectivity index (χ1) is 16.9. The average molecular weight is 482 g/mol. The molecule has 0 bridgehead atoms. The zero-order valence-corrected chi connectivity index (χ0v) is 20.6. The summed E-state index contributed by atoms with van der Waals surface area (Å²) < 4.78 is 1.60. The van der Waals surface area contributed by atoms with Gasteiger partial charge in [0, 0.05) is 13.1 Å². The summed E-state index contributed by atoms with van der Waals surface area (Å²) in [5.41, 5.74) is 1.52. The Labute approximate surface area is 205 Å². The number of amides is 3. The first-order valence-electron chi connectivity index (χ1n) is 12.4. The van der Waals surface area contributed by atoms with Crippen molar-refractivity contribution in [1.29, 1.82) is 0 Å². The van der Waals surface area contributed by atoms with Crippen molar-refractivity contribution in [2.75, 3.05) is 7.05 Å². The van der Waals surface area contributed by atoms with Crippen molar-refractivity contribution in [2.45, 2.75) is 75.7 Å². The SMILES string of the molecule is CN[C@@H](C)C(=O)N[C@H]1CCCC[C@H]2CC[C@@H](C(=O)N[C@@H](c3ccccc3)c3cn(C)nn3)N2C1=O. The van der Waals surface area contributed by atoms with Crippen molar-refractivity contribution in [1.82, 2.24) is 35.8 Å². The zero-order valence-electron chi connectivity index (χ0n) is 20.6. The van der Waals surface area contributed by atoms with Gasteiger partial charge in [-0.15, -0.1) is 5.10 Å². The van der Waals surface area contributed by atoms with E-state index < -0.39 is 24.2 Å². The fourth-order valence-electron chi connectivity index (χ4n) is 5.06. The molecule has 2 aliphatic rings. The van der Waals surface area contributed by atoms with Crippen LogP contribution in [-0.4, -0.2) is 68.8 Å². The summed E-state index contributed by atoms with van der Waals surface area (Å²) in [5.74, 6) is -0.593. The molecule has 3 amide bonds. The van der Waals surface area contributed by atoms with Crippen LogP contribution in [0.5, 0.6) is 0 Å². The van der Waals surface area contributed by atoms with Gasteiger partial charge in [-0.25, -0.2) is 0 Å². The van der Waals surface area contributed by atoms with Crippen LogP contribution in [0.4, 0.5) is 0 Å². The molecule has 35 heavy (non-hydrogen) atoms. The lowest BCUT2D eigenvalue weighted by Gasteiger charge is -2.36. The largest absolute Gasteiger partial charge is 0.343 e. The quantitative estimate of drug-likeness (QED) is 0.544. The van der Waals surface area contributed by atoms with Crippen LogP contribution in [0.15, 0.2) is 36.5 Å². The lowest BCUT2D eigenvalue weighted by molar-refractivity contribution is -0.144. The van der Waals surface area contributed by atoms with Gasteiger partial charge in [-0.3, -0.25) is 19.1 Å². The van der Waals surface area contributed by atoms with E-state index in [0.717, 1.165) is 31.2 Å². The molecule has 0 radical (unpaired) electrons. The Kier molecular flexibility index (Phi) is 7.80. The van der Waals surface area contributed by atoms with E-state index in [-0.39, 0.29) is 23.8 Å². The van der Waals surface area contributed by atoms with E-state index in [4.69, 9.17) is 0 Å². The van der Waals surface area contributed by atoms with E-state index in [0.29, 0.717) is 18.5 Å². The fraction of sp³-hybridized carbons (Fsp3) is 0.560. The number of benzene rings is 1. The van der Waals surface area contributed by atoms with Gasteiger partial charge < -0.3 is 20.9 Å². The van der Waals surface area contributed by atoms with Crippen molar-refractivity contribution >= 4 is 17.7 Å². The first kappa shape index (κ1) is 24.8. The Morgan fingerprint density at radius 1 is 1.09 bits per heavy atom. The van der Waals surface area contributed by atoms with Crippen molar-refractivity contribution < 1.29 is 14.4 Å². The van der Waals surface area contributed by atoms with Gasteiger partial charge in [0.25, 0.3) is 0 Å². The molecule has 5 atom stereocenters. The zero-order chi connectivity index (χ0) is 24.9. The Morgan fingerprint density at radius 2 is 1.83 bits per heavy atom. The van der Waals surface area contributed by atoms with E-state index in [1.54, 1.807) is 36.8 Å². The number of hydrogen-bond acceptors (Lipinski definition) is 6. The third-order valence-corrected chi connectivity index (χ3v) is 7.12. The summed E-state index contributed by atoms with van der Waals surface area (Å²) in [6, 6.07) is 7.53. The van der Waals surface area contributed by atoms with Crippen LogP contribution in [0.2, 0.25) is 0 Å². The highest BCUT2D eigenvalue weighted by Crippen LogP contribution is 2.32. The lowest BCUT2D eigenvalue weighted by Crippen LogP contribution is -2.58. The standard InChI is InChI=1S/C25H35N7O3/c1-16(26-2)23(33)27-19-12-8-7-11-18-13-14-21(32(18)25(19)35)24(34)28-22(17-9-5-4-6-10-17)20-15-31(3)30-29-20/h4-6,9-10,15-16,18-19,21-22,26H,7-8,11-14H2,1-3H3,(H,27,33)(H,28,34)/t16-,18-,19-,21-,22-/m0/s1. The maximum atomic E-state index is 13.7. The van der Waals surface area contributed by atoms with Gasteiger partial charge in [-0.2, -0.15) is 0 Å². The van der Waals surface area contributed by atoms with Gasteiger partial charge in [0.15, 0.2) is 0 Å². The second-order valence-electron chi connectivity index (χ2n) is 9.52. The molecule has 188 valence electrons. The molecule has 3 heterocycles. The Morgan fingerprint density at radius 3 is 2.51 bits per heavy atom. The summed E-state index contributed by atoms with van der Waals surface area (Å²) in [4.78, 5) is 41.5. The predicted molar refractivity (Wildman–Crippen MR) is 130 cm³/mol. The van der Waals surface area contributed by atoms with Crippen LogP contribution in [0.25, 0.3) is 0 Å². The van der Waals surface area contributed by atoms with Crippen LogP contribution >= 0.6 is 0 Å². The summed E-state index contributed by atoms with van der Waals surface area (Å²) in [5, 5.41) is 17.2. The summed E-state index contributed by atoms with van der Waals surface area (Å²) >= 11 is 0. The molecule has 0 saturated carbocycles. The fourth-order valence-corrected chi connectivity index (χ4v) is 5.06. The predicted octanol–water partition coefficient (Wildman–Crippen LogP) is 1.05. The highest BCUT2D eigenvalue weighted by atomic mass is 16.2. The van der Waals surface area contributed by atoms with Gasteiger partial charge in [0.1, 0.15) is 17.8 Å². The van der Waals surface area contributed by atoms with Gasteiger partial charge in [0.2, 0.25) is 17.7 Å². The summed E-state index contributed by atoms with van der Waals surface area (Å²) in [6.45, 7) is 1.76. The Bertz CT molecular complexity index is 1040. The number of nitrogens with zero attached hydrogens (tertiary/aromatic N) is 4. The van der Waals surface area contributed by atoms with E-state index in [9.17, 15) is 14.4 Å². The molecule has 3 N–H and O–H groups in total. The third kappa shape index (κ3) is 5.53. The number of hydrogen-bond donors (Lipinski definition) is 3. The van der Waals surface area contributed by atoms with E-state index in [2.05, 4.69) is 26.3 Å². The van der Waals surface area contributed by atoms with Crippen molar-refractivity contribution in [3.63, 3.8) is 0 Å². The molecule has 0 aliphatic carbocycles. The Balaban J connectivity index is 1.55. The first-order valence-corrected chi connectivity index (χ1v) is 12.4. The minimum Gasteiger partial charge on any atom is -0.343 e. The van der Waals surface area contributed by atoms with E-state index in [1.165, 1.54) is 0 Å². The Hall–Kier alpha value is -3.27. The number of nitrogens with one attached hydrogen (secondary N) is 3. The molecule has 10 nitrogen and oxygen atoms in total. The summed E-state index contributed by atoms with van der Waals surface area (Å²) in [6.07, 6.45) is 6.43. The van der Waals surface area contributed by atoms with Gasteiger partial charge >= 0.3 is 0 Å². The second kappa shape index (κ2) is 11.0. The number of aryl methyl sites for hydroxylation is 1. The topological polar surface area (TPSA) is 121 Å². The third-order valence-electron chi connectivity index (χ3n) is 7.12. The van der Waals surface area contributed by atoms with E-state index in [1.807, 2.05) is 30.3 Å². The van der Waals surface area contributed by atoms with Crippen LogP contribution in [0.3, 0.4) is 0 Å². The molecule has 0 spiro atoms. The van der Waals surface area contributed by atoms with Crippen LogP contribution in [-0.2, 0) is 21.4 Å². The number of likely N-dealkylation sites (N-methyl/N-ethyl adjacent to an activating group) is 1. The minimum absolute atomic E-state index is 0.00590. The molecule has 1 aromatic heterocycles. The molecule has 4 rings (SSSR count). The minimum atomic E-state index is -0.626. The maximum absolute atomic E-state index is 13.7. The average Bonchev–Trinajstić information content (AvgIpc) is 3.48. The molecule has 10 heteroatoms. The van der Waals surface area contributed by atoms with Crippen molar-refractivity contribution in [2.24, 2.45) is 7.05 Å². The molecule has 2 aromatic rings. The number of aromatic nitrogens is 3. The van der Waals surface area contributed by atoms with Gasteiger partial charge in [-0.1, -0.05) is 48.4 Å². The van der Waals surface area contributed by atoms with Gasteiger partial charge in [-0.05, 0) is 45.2 Å². The second-order valence-corrected chi connectivity index (χ2v) is 9.52. The molecule has 2 fully saturated rings. The maximum Gasteiger partial charge on any atom is 0.246 e. The number of fused-ring (bicyclic) bond motifs is 1. The number of carbonyl (C=O) groups excluding carboxylic acids is 3. The van der Waals surface area contributed by atoms with Crippen molar-refractivity contribution in [3.05, 3.63) is 47.8 Å². The normalized spacial score (nSPS) is 24.1. The lowest BCUT2D eigenvalue weighted by atomic mass is 9.98. The molecular weight excluding hydrogens is 446 g/mol. The van der Waals surface area contributed by atoms with E-state index >= 15 is 0 Å². The number of carbonyl (C=O) groups is 3. The monoisotopic (exact) mass is 481 g/mol. The smallest absolute Gasteiger partial charge is 0.246 e. The molecular formula is C25H35N7O3. The molecule has 2 saturated heterocycles. The number of rotatable bonds is 7. The van der Waals surface area contributed by atoms with Gasteiger partial charge in [0.05, 0.1) is 18.3 Å². The van der Waals surface area contributed by atoms with Crippen LogP contribution in [0.1, 0.15) is 62.7 Å². The molecule has 0 unspecified atom stereocenters. The highest BCUT2D eigenvalue weighted by Gasteiger charge is 2.44.